The molecule has 2 fully saturated rings. The summed E-state index contributed by atoms with van der Waals surface area (Å²) in [6.45, 7) is 0.289. The summed E-state index contributed by atoms with van der Waals surface area (Å²) in [7, 11) is -3.66. The first kappa shape index (κ1) is 14.9. The van der Waals surface area contributed by atoms with Gasteiger partial charge in [-0.15, -0.1) is 0 Å². The van der Waals surface area contributed by atoms with Gasteiger partial charge in [-0.25, -0.2) is 17.2 Å². The van der Waals surface area contributed by atoms with Crippen molar-refractivity contribution < 1.29 is 17.2 Å². The van der Waals surface area contributed by atoms with Crippen LogP contribution in [-0.2, 0) is 16.6 Å². The normalized spacial score (nSPS) is 27.2. The van der Waals surface area contributed by atoms with Gasteiger partial charge >= 0.3 is 0 Å². The van der Waals surface area contributed by atoms with E-state index in [1.807, 2.05) is 0 Å². The molecule has 0 aromatic carbocycles. The molecule has 1 aromatic heterocycles. The third kappa shape index (κ3) is 3.09. The number of aromatic nitrogens is 2. The summed E-state index contributed by atoms with van der Waals surface area (Å²) in [6, 6.07) is 0.570. The van der Waals surface area contributed by atoms with Gasteiger partial charge in [0.25, 0.3) is 6.43 Å². The molecular formula is C12H18F2N4O2S. The van der Waals surface area contributed by atoms with Crippen molar-refractivity contribution in [3.8, 4) is 0 Å². The fraction of sp³-hybridized carbons (Fsp3) is 0.750. The Morgan fingerprint density at radius 2 is 2.10 bits per heavy atom. The second-order valence-electron chi connectivity index (χ2n) is 5.58. The first-order valence-electron chi connectivity index (χ1n) is 7.02. The summed E-state index contributed by atoms with van der Waals surface area (Å²) < 4.78 is 52.2. The van der Waals surface area contributed by atoms with Gasteiger partial charge in [-0.3, -0.25) is 4.68 Å². The van der Waals surface area contributed by atoms with E-state index in [1.54, 1.807) is 0 Å². The van der Waals surface area contributed by atoms with Crippen molar-refractivity contribution >= 4 is 10.0 Å². The minimum atomic E-state index is -3.66. The summed E-state index contributed by atoms with van der Waals surface area (Å²) in [5, 5.41) is 7.12. The van der Waals surface area contributed by atoms with Crippen LogP contribution in [0.15, 0.2) is 17.3 Å². The molecule has 21 heavy (non-hydrogen) atoms. The van der Waals surface area contributed by atoms with Gasteiger partial charge in [0, 0.05) is 31.4 Å². The molecule has 1 aromatic rings. The molecule has 2 unspecified atom stereocenters. The van der Waals surface area contributed by atoms with Gasteiger partial charge in [-0.1, -0.05) is 0 Å². The minimum Gasteiger partial charge on any atom is -0.310 e. The number of sulfonamides is 1. The lowest BCUT2D eigenvalue weighted by atomic mass is 10.1. The number of halogens is 2. The van der Waals surface area contributed by atoms with E-state index in [4.69, 9.17) is 0 Å². The van der Waals surface area contributed by atoms with Gasteiger partial charge in [-0.05, 0) is 19.3 Å². The summed E-state index contributed by atoms with van der Waals surface area (Å²) in [5.41, 5.74) is 0. The molecule has 0 radical (unpaired) electrons. The van der Waals surface area contributed by atoms with Crippen LogP contribution >= 0.6 is 0 Å². The number of hydrogen-bond acceptors (Lipinski definition) is 4. The third-order valence-corrected chi connectivity index (χ3v) is 5.88. The first-order valence-corrected chi connectivity index (χ1v) is 8.46. The van der Waals surface area contributed by atoms with Crippen molar-refractivity contribution in [2.45, 2.75) is 49.2 Å². The van der Waals surface area contributed by atoms with Crippen LogP contribution in [0.5, 0.6) is 0 Å². The largest absolute Gasteiger partial charge is 0.310 e. The van der Waals surface area contributed by atoms with E-state index in [2.05, 4.69) is 10.4 Å². The summed E-state index contributed by atoms with van der Waals surface area (Å²) in [4.78, 5) is -0.0130. The number of rotatable bonds is 4. The Labute approximate surface area is 122 Å². The fourth-order valence-corrected chi connectivity index (χ4v) is 4.45. The molecular weight excluding hydrogens is 302 g/mol. The lowest BCUT2D eigenvalue weighted by molar-refractivity contribution is 0.121. The van der Waals surface area contributed by atoms with Gasteiger partial charge in [0.2, 0.25) is 10.0 Å². The Morgan fingerprint density at radius 1 is 1.33 bits per heavy atom. The van der Waals surface area contributed by atoms with Crippen molar-refractivity contribution in [3.63, 3.8) is 0 Å². The summed E-state index contributed by atoms with van der Waals surface area (Å²) in [6.07, 6.45) is 2.61. The fourth-order valence-electron chi connectivity index (χ4n) is 3.00. The topological polar surface area (TPSA) is 67.2 Å². The highest BCUT2D eigenvalue weighted by Gasteiger charge is 2.35. The molecule has 1 N–H and O–H groups in total. The van der Waals surface area contributed by atoms with E-state index in [1.165, 1.54) is 10.5 Å². The Bertz CT molecular complexity index is 604. The number of hydrogen-bond donors (Lipinski definition) is 1. The maximum Gasteiger partial charge on any atom is 0.257 e. The zero-order valence-corrected chi connectivity index (χ0v) is 12.3. The number of fused-ring (bicyclic) bond motifs is 2. The van der Waals surface area contributed by atoms with E-state index in [-0.39, 0.29) is 10.9 Å². The third-order valence-electron chi connectivity index (χ3n) is 4.06. The molecule has 0 saturated carbocycles. The van der Waals surface area contributed by atoms with Gasteiger partial charge in [0.05, 0.1) is 6.20 Å². The molecule has 2 bridgehead atoms. The van der Waals surface area contributed by atoms with E-state index >= 15 is 0 Å². The smallest absolute Gasteiger partial charge is 0.257 e. The number of nitrogens with one attached hydrogen (secondary N) is 1. The predicted octanol–water partition coefficient (Wildman–Crippen LogP) is 0.663. The Kier molecular flexibility index (Phi) is 3.98. The Morgan fingerprint density at radius 3 is 2.86 bits per heavy atom. The monoisotopic (exact) mass is 320 g/mol. The van der Waals surface area contributed by atoms with E-state index < -0.39 is 23.0 Å². The Balaban J connectivity index is 1.78. The van der Waals surface area contributed by atoms with Crippen LogP contribution in [0.1, 0.15) is 19.3 Å². The Hall–Kier alpha value is -1.06. The molecule has 9 heteroatoms. The van der Waals surface area contributed by atoms with Crippen LogP contribution in [0.3, 0.4) is 0 Å². The molecule has 3 heterocycles. The van der Waals surface area contributed by atoms with Gasteiger partial charge in [0.1, 0.15) is 11.4 Å². The average molecular weight is 320 g/mol. The highest BCUT2D eigenvalue weighted by molar-refractivity contribution is 7.89. The quantitative estimate of drug-likeness (QED) is 0.885. The molecule has 2 aliphatic rings. The van der Waals surface area contributed by atoms with Crippen LogP contribution in [0.25, 0.3) is 0 Å². The zero-order valence-electron chi connectivity index (χ0n) is 11.5. The molecule has 6 nitrogen and oxygen atoms in total. The molecule has 2 atom stereocenters. The molecule has 118 valence electrons. The first-order chi connectivity index (χ1) is 9.95. The minimum absolute atomic E-state index is 0.0130. The predicted molar refractivity (Wildman–Crippen MR) is 71.6 cm³/mol. The SMILES string of the molecule is O=S(=O)(c1cnn(CC(F)F)c1)N1CCC2CCC(C1)N2. The molecule has 2 saturated heterocycles. The summed E-state index contributed by atoms with van der Waals surface area (Å²) in [5.74, 6) is 0. The lowest BCUT2D eigenvalue weighted by Gasteiger charge is -2.22. The van der Waals surface area contributed by atoms with Crippen molar-refractivity contribution in [1.29, 1.82) is 0 Å². The van der Waals surface area contributed by atoms with Crippen molar-refractivity contribution in [1.82, 2.24) is 19.4 Å². The van der Waals surface area contributed by atoms with Crippen LogP contribution in [0.4, 0.5) is 8.78 Å². The van der Waals surface area contributed by atoms with Crippen molar-refractivity contribution in [2.75, 3.05) is 13.1 Å². The molecule has 2 aliphatic heterocycles. The number of alkyl halides is 2. The highest BCUT2D eigenvalue weighted by atomic mass is 32.2. The highest BCUT2D eigenvalue weighted by Crippen LogP contribution is 2.24. The van der Waals surface area contributed by atoms with Gasteiger partial charge in [-0.2, -0.15) is 9.40 Å². The van der Waals surface area contributed by atoms with Gasteiger partial charge < -0.3 is 5.32 Å². The molecule has 0 spiro atoms. The maximum atomic E-state index is 12.6. The lowest BCUT2D eigenvalue weighted by Crippen LogP contribution is -2.38. The van der Waals surface area contributed by atoms with E-state index in [0.29, 0.717) is 19.1 Å². The molecule has 0 aliphatic carbocycles. The van der Waals surface area contributed by atoms with Crippen LogP contribution in [0.2, 0.25) is 0 Å². The zero-order chi connectivity index (χ0) is 15.0. The van der Waals surface area contributed by atoms with Crippen LogP contribution in [0, 0.1) is 0 Å². The molecule has 0 amide bonds. The second kappa shape index (κ2) is 5.62. The average Bonchev–Trinajstić information content (AvgIpc) is 2.95. The standard InChI is InChI=1S/C12H18F2N4O2S/c13-12(14)8-17-7-11(5-15-17)21(19,20)18-4-3-9-1-2-10(6-18)16-9/h5,7,9-10,12,16H,1-4,6,8H2. The molecule has 3 rings (SSSR count). The second-order valence-corrected chi connectivity index (χ2v) is 7.52. The van der Waals surface area contributed by atoms with Gasteiger partial charge in [0.15, 0.2) is 0 Å². The maximum absolute atomic E-state index is 12.6. The van der Waals surface area contributed by atoms with E-state index in [9.17, 15) is 17.2 Å². The number of nitrogens with zero attached hydrogens (tertiary/aromatic N) is 3. The summed E-state index contributed by atoms with van der Waals surface area (Å²) >= 11 is 0. The van der Waals surface area contributed by atoms with Crippen molar-refractivity contribution in [3.05, 3.63) is 12.4 Å². The van der Waals surface area contributed by atoms with Crippen LogP contribution < -0.4 is 5.32 Å². The van der Waals surface area contributed by atoms with E-state index in [0.717, 1.165) is 30.1 Å². The van der Waals surface area contributed by atoms with Crippen LogP contribution in [-0.4, -0.2) is 54.1 Å². The van der Waals surface area contributed by atoms with Crippen molar-refractivity contribution in [2.24, 2.45) is 0 Å².